The van der Waals surface area contributed by atoms with Crippen LogP contribution in [0.1, 0.15) is 16.1 Å². The van der Waals surface area contributed by atoms with Gasteiger partial charge in [-0.1, -0.05) is 72.8 Å². The smallest absolute Gasteiger partial charge is 0.289 e. The summed E-state index contributed by atoms with van der Waals surface area (Å²) in [6, 6.07) is 27.5. The summed E-state index contributed by atoms with van der Waals surface area (Å²) in [6.45, 7) is 0. The van der Waals surface area contributed by atoms with Crippen LogP contribution in [0.25, 0.3) is 28.5 Å². The number of hydrogen-bond donors (Lipinski definition) is 2. The summed E-state index contributed by atoms with van der Waals surface area (Å²) in [5, 5.41) is 11.0. The lowest BCUT2D eigenvalue weighted by Gasteiger charge is -2.02. The molecule has 0 radical (unpaired) electrons. The number of para-hydroxylation sites is 1. The van der Waals surface area contributed by atoms with Crippen LogP contribution in [0.2, 0.25) is 0 Å². The first-order chi connectivity index (χ1) is 15.7. The molecule has 0 aliphatic carbocycles. The zero-order chi connectivity index (χ0) is 22.2. The van der Waals surface area contributed by atoms with E-state index in [0.717, 1.165) is 28.0 Å². The molecule has 1 heterocycles. The van der Waals surface area contributed by atoms with E-state index in [0.29, 0.717) is 11.4 Å². The van der Waals surface area contributed by atoms with Crippen LogP contribution in [-0.4, -0.2) is 29.4 Å². The maximum absolute atomic E-state index is 12.3. The monoisotopic (exact) mass is 422 g/mol. The summed E-state index contributed by atoms with van der Waals surface area (Å²) < 4.78 is 5.29. The van der Waals surface area contributed by atoms with Crippen LogP contribution >= 0.6 is 0 Å². The molecule has 1 aromatic heterocycles. The van der Waals surface area contributed by atoms with Crippen molar-refractivity contribution in [3.63, 3.8) is 0 Å². The van der Waals surface area contributed by atoms with E-state index in [-0.39, 0.29) is 5.91 Å². The number of rotatable bonds is 7. The van der Waals surface area contributed by atoms with Gasteiger partial charge in [-0.05, 0) is 35.4 Å². The second-order valence-corrected chi connectivity index (χ2v) is 6.93. The predicted molar refractivity (Wildman–Crippen MR) is 127 cm³/mol. The Morgan fingerprint density at radius 2 is 1.62 bits per heavy atom. The molecule has 1 amide bonds. The second kappa shape index (κ2) is 10.0. The van der Waals surface area contributed by atoms with Crippen molar-refractivity contribution in [2.75, 3.05) is 7.11 Å². The van der Waals surface area contributed by atoms with Crippen molar-refractivity contribution < 1.29 is 9.53 Å². The van der Waals surface area contributed by atoms with Crippen molar-refractivity contribution in [1.82, 2.24) is 15.6 Å². The highest BCUT2D eigenvalue weighted by atomic mass is 16.5. The topological polar surface area (TPSA) is 79.4 Å². The fourth-order valence-electron chi connectivity index (χ4n) is 3.20. The number of nitrogens with zero attached hydrogens (tertiary/aromatic N) is 2. The van der Waals surface area contributed by atoms with Gasteiger partial charge in [-0.2, -0.15) is 10.2 Å². The Balaban J connectivity index is 1.36. The number of aromatic amines is 1. The molecule has 32 heavy (non-hydrogen) atoms. The average Bonchev–Trinajstić information content (AvgIpc) is 3.35. The van der Waals surface area contributed by atoms with Crippen LogP contribution in [0.4, 0.5) is 0 Å². The van der Waals surface area contributed by atoms with Crippen LogP contribution in [0.15, 0.2) is 96.1 Å². The third-order valence-corrected chi connectivity index (χ3v) is 4.85. The van der Waals surface area contributed by atoms with E-state index in [2.05, 4.69) is 32.9 Å². The zero-order valence-corrected chi connectivity index (χ0v) is 17.5. The number of benzene rings is 3. The molecule has 0 fully saturated rings. The number of hydrogen-bond acceptors (Lipinski definition) is 4. The highest BCUT2D eigenvalue weighted by Crippen LogP contribution is 2.24. The van der Waals surface area contributed by atoms with Gasteiger partial charge in [0.1, 0.15) is 11.4 Å². The first-order valence-electron chi connectivity index (χ1n) is 10.1. The first-order valence-corrected chi connectivity index (χ1v) is 10.1. The molecule has 0 unspecified atom stereocenters. The lowest BCUT2D eigenvalue weighted by Crippen LogP contribution is -2.17. The summed E-state index contributed by atoms with van der Waals surface area (Å²) in [6.07, 6.45) is 5.08. The fourth-order valence-corrected chi connectivity index (χ4v) is 3.20. The Morgan fingerprint density at radius 1 is 0.938 bits per heavy atom. The zero-order valence-electron chi connectivity index (χ0n) is 17.5. The molecule has 0 aliphatic heterocycles. The number of nitrogens with one attached hydrogen (secondary N) is 2. The molecular formula is C26H22N4O2. The van der Waals surface area contributed by atoms with E-state index < -0.39 is 0 Å². The Bertz CT molecular complexity index is 1240. The third kappa shape index (κ3) is 4.99. The molecule has 0 saturated heterocycles. The molecule has 4 rings (SSSR count). The van der Waals surface area contributed by atoms with E-state index in [4.69, 9.17) is 4.74 Å². The van der Waals surface area contributed by atoms with Gasteiger partial charge in [0.15, 0.2) is 0 Å². The van der Waals surface area contributed by atoms with Gasteiger partial charge in [-0.25, -0.2) is 5.43 Å². The minimum absolute atomic E-state index is 0.331. The Hall–Kier alpha value is -4.45. The summed E-state index contributed by atoms with van der Waals surface area (Å²) in [5.74, 6) is 0.398. The summed E-state index contributed by atoms with van der Waals surface area (Å²) in [5.41, 5.74) is 7.62. The number of H-pyrrole nitrogens is 1. The van der Waals surface area contributed by atoms with Gasteiger partial charge in [0, 0.05) is 17.3 Å². The summed E-state index contributed by atoms with van der Waals surface area (Å²) in [4.78, 5) is 12.3. The molecular weight excluding hydrogens is 400 g/mol. The minimum Gasteiger partial charge on any atom is -0.496 e. The molecule has 158 valence electrons. The van der Waals surface area contributed by atoms with E-state index >= 15 is 0 Å². The van der Waals surface area contributed by atoms with Crippen LogP contribution in [-0.2, 0) is 0 Å². The molecule has 6 nitrogen and oxygen atoms in total. The molecule has 0 saturated carbocycles. The highest BCUT2D eigenvalue weighted by molar-refractivity contribution is 5.94. The number of amides is 1. The molecule has 0 atom stereocenters. The lowest BCUT2D eigenvalue weighted by atomic mass is 10.0. The number of carbonyl (C=O) groups excluding carboxylic acids is 1. The van der Waals surface area contributed by atoms with Crippen LogP contribution in [0.3, 0.4) is 0 Å². The van der Waals surface area contributed by atoms with Crippen molar-refractivity contribution in [3.8, 4) is 28.1 Å². The Morgan fingerprint density at radius 3 is 2.41 bits per heavy atom. The maximum Gasteiger partial charge on any atom is 0.289 e. The molecule has 3 aromatic carbocycles. The van der Waals surface area contributed by atoms with Crippen LogP contribution < -0.4 is 10.2 Å². The molecule has 2 N–H and O–H groups in total. The standard InChI is InChI=1S/C26H22N4O2/c1-32-25-12-6-5-10-22(25)11-7-17-27-30-26(31)24-18-23(28-29-24)21-15-13-20(14-16-21)19-8-3-2-4-9-19/h2-18H,1H3,(H,28,29)(H,30,31). The SMILES string of the molecule is COc1ccccc1C=CC=NNC(=O)c1cc(-c2ccc(-c3ccccc3)cc2)n[nH]1. The van der Waals surface area contributed by atoms with Gasteiger partial charge < -0.3 is 4.74 Å². The fraction of sp³-hybridized carbons (Fsp3) is 0.0385. The normalized spacial score (nSPS) is 11.2. The average molecular weight is 422 g/mol. The predicted octanol–water partition coefficient (Wildman–Crippen LogP) is 5.18. The first kappa shape index (κ1) is 20.8. The number of allylic oxidation sites excluding steroid dienone is 1. The molecule has 0 spiro atoms. The van der Waals surface area contributed by atoms with E-state index in [9.17, 15) is 4.79 Å². The molecule has 6 heteroatoms. The van der Waals surface area contributed by atoms with Gasteiger partial charge in [0.2, 0.25) is 0 Å². The van der Waals surface area contributed by atoms with Gasteiger partial charge in [0.25, 0.3) is 5.91 Å². The van der Waals surface area contributed by atoms with Crippen LogP contribution in [0.5, 0.6) is 5.75 Å². The van der Waals surface area contributed by atoms with Gasteiger partial charge in [0.05, 0.1) is 12.8 Å². The number of methoxy groups -OCH3 is 1. The minimum atomic E-state index is -0.369. The number of aromatic nitrogens is 2. The lowest BCUT2D eigenvalue weighted by molar-refractivity contribution is 0.0950. The van der Waals surface area contributed by atoms with E-state index in [1.54, 1.807) is 19.3 Å². The molecule has 0 bridgehead atoms. The van der Waals surface area contributed by atoms with Gasteiger partial charge in [-0.3, -0.25) is 9.89 Å². The Labute approximate surface area is 186 Å². The second-order valence-electron chi connectivity index (χ2n) is 6.93. The molecule has 4 aromatic rings. The van der Waals surface area contributed by atoms with Crippen molar-refractivity contribution >= 4 is 18.2 Å². The largest absolute Gasteiger partial charge is 0.496 e. The van der Waals surface area contributed by atoms with Crippen molar-refractivity contribution in [2.24, 2.45) is 5.10 Å². The summed E-state index contributed by atoms with van der Waals surface area (Å²) in [7, 11) is 1.62. The number of hydrazone groups is 1. The van der Waals surface area contributed by atoms with Crippen molar-refractivity contribution in [1.29, 1.82) is 0 Å². The van der Waals surface area contributed by atoms with Crippen LogP contribution in [0, 0.1) is 0 Å². The third-order valence-electron chi connectivity index (χ3n) is 4.85. The van der Waals surface area contributed by atoms with E-state index in [1.807, 2.05) is 72.8 Å². The maximum atomic E-state index is 12.3. The highest BCUT2D eigenvalue weighted by Gasteiger charge is 2.10. The van der Waals surface area contributed by atoms with Gasteiger partial charge >= 0.3 is 0 Å². The number of carbonyl (C=O) groups is 1. The van der Waals surface area contributed by atoms with E-state index in [1.165, 1.54) is 6.21 Å². The van der Waals surface area contributed by atoms with Crippen molar-refractivity contribution in [3.05, 3.63) is 102 Å². The van der Waals surface area contributed by atoms with Gasteiger partial charge in [-0.15, -0.1) is 0 Å². The number of ether oxygens (including phenoxy) is 1. The summed E-state index contributed by atoms with van der Waals surface area (Å²) >= 11 is 0. The quantitative estimate of drug-likeness (QED) is 0.318. The molecule has 0 aliphatic rings. The van der Waals surface area contributed by atoms with Crippen molar-refractivity contribution in [2.45, 2.75) is 0 Å². The Kier molecular flexibility index (Phi) is 6.53.